The molecule has 0 bridgehead atoms. The number of anilines is 1. The maximum atomic E-state index is 13.5. The van der Waals surface area contributed by atoms with Crippen molar-refractivity contribution in [2.24, 2.45) is 0 Å². The van der Waals surface area contributed by atoms with Crippen LogP contribution in [-0.4, -0.2) is 29.0 Å². The van der Waals surface area contributed by atoms with Crippen LogP contribution in [-0.2, 0) is 10.3 Å². The van der Waals surface area contributed by atoms with Crippen LogP contribution in [0.5, 0.6) is 0 Å². The summed E-state index contributed by atoms with van der Waals surface area (Å²) in [6, 6.07) is 14.3. The highest BCUT2D eigenvalue weighted by Gasteiger charge is 2.47. The molecular weight excluding hydrogens is 357 g/mol. The van der Waals surface area contributed by atoms with Crippen LogP contribution < -0.4 is 4.90 Å². The molecule has 0 saturated carbocycles. The highest BCUT2D eigenvalue weighted by atomic mass is 19.1. The van der Waals surface area contributed by atoms with E-state index in [1.165, 1.54) is 12.1 Å². The fourth-order valence-electron chi connectivity index (χ4n) is 4.08. The topological polar surface area (TPSA) is 55.3 Å². The fourth-order valence-corrected chi connectivity index (χ4v) is 4.08. The summed E-state index contributed by atoms with van der Waals surface area (Å²) in [5, 5.41) is 0. The zero-order chi connectivity index (χ0) is 19.1. The van der Waals surface area contributed by atoms with Crippen LogP contribution in [0.1, 0.15) is 28.8 Å². The summed E-state index contributed by atoms with van der Waals surface area (Å²) < 4.78 is 19.2. The third-order valence-corrected chi connectivity index (χ3v) is 5.58. The van der Waals surface area contributed by atoms with Gasteiger partial charge in [0.25, 0.3) is 0 Å². The van der Waals surface area contributed by atoms with Gasteiger partial charge in [0.2, 0.25) is 0 Å². The van der Waals surface area contributed by atoms with Gasteiger partial charge in [0.05, 0.1) is 23.7 Å². The summed E-state index contributed by atoms with van der Waals surface area (Å²) in [7, 11) is 0. The number of aromatic nitrogens is 2. The monoisotopic (exact) mass is 375 g/mol. The van der Waals surface area contributed by atoms with E-state index in [0.29, 0.717) is 31.5 Å². The van der Waals surface area contributed by atoms with Crippen molar-refractivity contribution in [1.82, 2.24) is 9.97 Å². The number of ether oxygens (including phenoxy) is 1. The van der Waals surface area contributed by atoms with Crippen LogP contribution in [0.2, 0.25) is 0 Å². The lowest BCUT2D eigenvalue weighted by atomic mass is 9.84. The minimum atomic E-state index is -0.659. The lowest BCUT2D eigenvalue weighted by Gasteiger charge is -2.39. The molecule has 28 heavy (non-hydrogen) atoms. The molecule has 1 fully saturated rings. The van der Waals surface area contributed by atoms with Gasteiger partial charge in [0.1, 0.15) is 17.2 Å². The van der Waals surface area contributed by atoms with Crippen LogP contribution in [0.4, 0.5) is 10.2 Å². The zero-order valence-electron chi connectivity index (χ0n) is 15.1. The molecule has 6 heteroatoms. The molecule has 0 radical (unpaired) electrons. The number of benzene rings is 2. The Labute approximate surface area is 161 Å². The van der Waals surface area contributed by atoms with E-state index in [4.69, 9.17) is 4.74 Å². The Hall–Kier alpha value is -3.28. The first-order valence-electron chi connectivity index (χ1n) is 9.30. The van der Waals surface area contributed by atoms with Gasteiger partial charge >= 0.3 is 5.97 Å². The molecule has 0 aliphatic carbocycles. The Morgan fingerprint density at radius 3 is 2.50 bits per heavy atom. The predicted octanol–water partition coefficient (Wildman–Crippen LogP) is 3.95. The van der Waals surface area contributed by atoms with Crippen molar-refractivity contribution in [2.45, 2.75) is 18.4 Å². The second-order valence-corrected chi connectivity index (χ2v) is 7.19. The Balaban J connectivity index is 1.34. The van der Waals surface area contributed by atoms with E-state index in [2.05, 4.69) is 14.9 Å². The zero-order valence-corrected chi connectivity index (χ0v) is 15.1. The number of nitrogens with zero attached hydrogens (tertiary/aromatic N) is 3. The number of rotatable bonds is 2. The lowest BCUT2D eigenvalue weighted by molar-refractivity contribution is -0.0211. The molecule has 2 aliphatic heterocycles. The third-order valence-electron chi connectivity index (χ3n) is 5.58. The summed E-state index contributed by atoms with van der Waals surface area (Å²) in [6.45, 7) is 1.37. The first kappa shape index (κ1) is 16.9. The summed E-state index contributed by atoms with van der Waals surface area (Å²) in [4.78, 5) is 23.4. The predicted molar refractivity (Wildman–Crippen MR) is 102 cm³/mol. The van der Waals surface area contributed by atoms with Crippen molar-refractivity contribution in [2.75, 3.05) is 18.0 Å². The molecule has 0 amide bonds. The standard InChI is InChI=1S/C22H18FN3O2/c23-16-6-7-18-17(12-16)21(27)28-22(18)8-10-26(11-9-22)20-14-24-19(13-25-20)15-4-2-1-3-5-15/h1-7,12-14H,8-11H2. The average molecular weight is 375 g/mol. The normalized spacial score (nSPS) is 17.5. The Kier molecular flexibility index (Phi) is 3.86. The van der Waals surface area contributed by atoms with E-state index in [1.807, 2.05) is 30.3 Å². The van der Waals surface area contributed by atoms with E-state index < -0.39 is 17.4 Å². The van der Waals surface area contributed by atoms with E-state index in [1.54, 1.807) is 18.5 Å². The number of fused-ring (bicyclic) bond motifs is 2. The van der Waals surface area contributed by atoms with Crippen LogP contribution >= 0.6 is 0 Å². The van der Waals surface area contributed by atoms with E-state index in [-0.39, 0.29) is 0 Å². The molecule has 1 spiro atoms. The summed E-state index contributed by atoms with van der Waals surface area (Å²) in [5.74, 6) is -0.0490. The smallest absolute Gasteiger partial charge is 0.339 e. The van der Waals surface area contributed by atoms with Crippen LogP contribution in [0.25, 0.3) is 11.3 Å². The van der Waals surface area contributed by atoms with E-state index in [0.717, 1.165) is 22.6 Å². The number of hydrogen-bond acceptors (Lipinski definition) is 5. The van der Waals surface area contributed by atoms with E-state index in [9.17, 15) is 9.18 Å². The quantitative estimate of drug-likeness (QED) is 0.635. The van der Waals surface area contributed by atoms with Gasteiger partial charge in [-0.25, -0.2) is 14.2 Å². The van der Waals surface area contributed by atoms with Crippen molar-refractivity contribution < 1.29 is 13.9 Å². The highest BCUT2D eigenvalue weighted by Crippen LogP contribution is 2.44. The Morgan fingerprint density at radius 2 is 1.79 bits per heavy atom. The first-order valence-corrected chi connectivity index (χ1v) is 9.30. The van der Waals surface area contributed by atoms with Crippen LogP contribution in [0, 0.1) is 5.82 Å². The van der Waals surface area contributed by atoms with Crippen molar-refractivity contribution in [1.29, 1.82) is 0 Å². The molecule has 3 heterocycles. The largest absolute Gasteiger partial charge is 0.450 e. The third kappa shape index (κ3) is 2.72. The Morgan fingerprint density at radius 1 is 1.00 bits per heavy atom. The van der Waals surface area contributed by atoms with Gasteiger partial charge in [-0.05, 0) is 12.1 Å². The number of esters is 1. The van der Waals surface area contributed by atoms with Crippen molar-refractivity contribution >= 4 is 11.8 Å². The average Bonchev–Trinajstić information content (AvgIpc) is 3.00. The molecule has 5 nitrogen and oxygen atoms in total. The van der Waals surface area contributed by atoms with Crippen LogP contribution in [0.15, 0.2) is 60.9 Å². The second kappa shape index (κ2) is 6.41. The molecule has 0 unspecified atom stereocenters. The fraction of sp³-hybridized carbons (Fsp3) is 0.227. The van der Waals surface area contributed by atoms with Gasteiger partial charge in [-0.15, -0.1) is 0 Å². The molecule has 140 valence electrons. The van der Waals surface area contributed by atoms with Crippen molar-refractivity contribution in [3.05, 3.63) is 77.9 Å². The maximum Gasteiger partial charge on any atom is 0.339 e. The highest BCUT2D eigenvalue weighted by molar-refractivity contribution is 5.94. The molecule has 1 saturated heterocycles. The molecule has 0 N–H and O–H groups in total. The van der Waals surface area contributed by atoms with Gasteiger partial charge < -0.3 is 9.64 Å². The number of halogens is 1. The summed E-state index contributed by atoms with van der Waals surface area (Å²) in [5.41, 5.74) is 2.34. The molecule has 2 aliphatic rings. The summed E-state index contributed by atoms with van der Waals surface area (Å²) in [6.07, 6.45) is 4.84. The van der Waals surface area contributed by atoms with Gasteiger partial charge in [-0.3, -0.25) is 4.98 Å². The van der Waals surface area contributed by atoms with Gasteiger partial charge in [-0.1, -0.05) is 36.4 Å². The Bertz CT molecular complexity index is 1030. The first-order chi connectivity index (χ1) is 13.6. The molecule has 0 atom stereocenters. The van der Waals surface area contributed by atoms with Crippen LogP contribution in [0.3, 0.4) is 0 Å². The molecule has 2 aromatic carbocycles. The van der Waals surface area contributed by atoms with Crippen molar-refractivity contribution in [3.8, 4) is 11.3 Å². The molecule has 3 aromatic rings. The van der Waals surface area contributed by atoms with Gasteiger partial charge in [0, 0.05) is 37.1 Å². The number of carbonyl (C=O) groups is 1. The van der Waals surface area contributed by atoms with E-state index >= 15 is 0 Å². The molecule has 5 rings (SSSR count). The maximum absolute atomic E-state index is 13.5. The summed E-state index contributed by atoms with van der Waals surface area (Å²) >= 11 is 0. The number of carbonyl (C=O) groups excluding carboxylic acids is 1. The van der Waals surface area contributed by atoms with Crippen molar-refractivity contribution in [3.63, 3.8) is 0 Å². The SMILES string of the molecule is O=C1OC2(CCN(c3cnc(-c4ccccc4)cn3)CC2)c2ccc(F)cc21. The molecular formula is C22H18FN3O2. The lowest BCUT2D eigenvalue weighted by Crippen LogP contribution is -2.43. The minimum absolute atomic E-state index is 0.348. The number of hydrogen-bond donors (Lipinski definition) is 0. The van der Waals surface area contributed by atoms with Gasteiger partial charge in [0.15, 0.2) is 0 Å². The minimum Gasteiger partial charge on any atom is -0.450 e. The second-order valence-electron chi connectivity index (χ2n) is 7.19. The number of piperidine rings is 1. The molecule has 1 aromatic heterocycles. The van der Waals surface area contributed by atoms with Gasteiger partial charge in [-0.2, -0.15) is 0 Å².